The largest absolute Gasteiger partial charge is 0.356 e. The molecule has 1 saturated heterocycles. The van der Waals surface area contributed by atoms with E-state index in [1.54, 1.807) is 10.6 Å². The van der Waals surface area contributed by atoms with Gasteiger partial charge in [-0.2, -0.15) is 0 Å². The highest BCUT2D eigenvalue weighted by Crippen LogP contribution is 2.16. The summed E-state index contributed by atoms with van der Waals surface area (Å²) >= 11 is 5.32. The molecule has 7 nitrogen and oxygen atoms in total. The molecule has 3 rings (SSSR count). The van der Waals surface area contributed by atoms with Gasteiger partial charge in [-0.3, -0.25) is 19.0 Å². The number of hydrogen-bond donors (Lipinski definition) is 2. The van der Waals surface area contributed by atoms with Crippen LogP contribution in [-0.2, 0) is 16.1 Å². The number of para-hydroxylation sites is 1. The number of hydrogen-bond acceptors (Lipinski definition) is 4. The Balaban J connectivity index is 1.33. The predicted octanol–water partition coefficient (Wildman–Crippen LogP) is 3.38. The zero-order chi connectivity index (χ0) is 22.2. The van der Waals surface area contributed by atoms with Gasteiger partial charge < -0.3 is 15.2 Å². The van der Waals surface area contributed by atoms with Gasteiger partial charge in [-0.1, -0.05) is 25.5 Å². The van der Waals surface area contributed by atoms with Crippen LogP contribution in [0.5, 0.6) is 0 Å². The average molecular weight is 445 g/mol. The number of aromatic amines is 1. The van der Waals surface area contributed by atoms with E-state index in [-0.39, 0.29) is 17.4 Å². The number of carbonyl (C=O) groups is 2. The number of benzene rings is 1. The van der Waals surface area contributed by atoms with Gasteiger partial charge in [0.25, 0.3) is 5.56 Å². The molecular formula is C23H32N4O3S. The van der Waals surface area contributed by atoms with Gasteiger partial charge in [0.15, 0.2) is 4.77 Å². The molecule has 1 unspecified atom stereocenters. The number of rotatable bonds is 9. The fourth-order valence-electron chi connectivity index (χ4n) is 4.11. The number of H-pyrrole nitrogens is 1. The summed E-state index contributed by atoms with van der Waals surface area (Å²) < 4.78 is 2.01. The van der Waals surface area contributed by atoms with Crippen LogP contribution in [0, 0.1) is 10.7 Å². The Morgan fingerprint density at radius 3 is 2.81 bits per heavy atom. The zero-order valence-electron chi connectivity index (χ0n) is 18.2. The van der Waals surface area contributed by atoms with Crippen LogP contribution in [0.2, 0.25) is 0 Å². The summed E-state index contributed by atoms with van der Waals surface area (Å²) in [6, 6.07) is 7.34. The number of nitrogens with one attached hydrogen (secondary N) is 2. The molecular weight excluding hydrogens is 412 g/mol. The van der Waals surface area contributed by atoms with Gasteiger partial charge in [0, 0.05) is 39.0 Å². The summed E-state index contributed by atoms with van der Waals surface area (Å²) in [5, 5.41) is 3.48. The lowest BCUT2D eigenvalue weighted by Crippen LogP contribution is -2.40. The maximum atomic E-state index is 12.6. The Bertz CT molecular complexity index is 1030. The number of likely N-dealkylation sites (tertiary alicyclic amines) is 1. The fraction of sp³-hybridized carbons (Fsp3) is 0.565. The summed E-state index contributed by atoms with van der Waals surface area (Å²) in [5.41, 5.74) is 0.670. The van der Waals surface area contributed by atoms with Gasteiger partial charge >= 0.3 is 0 Å². The first-order valence-electron chi connectivity index (χ1n) is 11.2. The molecule has 8 heteroatoms. The van der Waals surface area contributed by atoms with E-state index in [2.05, 4.69) is 17.2 Å². The third-order valence-corrected chi connectivity index (χ3v) is 6.17. The number of piperidine rings is 1. The molecule has 2 aromatic rings. The number of carbonyl (C=O) groups excluding carboxylic acids is 2. The molecule has 0 aliphatic carbocycles. The van der Waals surface area contributed by atoms with Crippen molar-refractivity contribution in [1.29, 1.82) is 0 Å². The minimum Gasteiger partial charge on any atom is -0.356 e. The highest BCUT2D eigenvalue weighted by atomic mass is 32.1. The molecule has 2 heterocycles. The first kappa shape index (κ1) is 23.2. The highest BCUT2D eigenvalue weighted by molar-refractivity contribution is 7.71. The van der Waals surface area contributed by atoms with Crippen LogP contribution in [0.25, 0.3) is 10.9 Å². The monoisotopic (exact) mass is 444 g/mol. The van der Waals surface area contributed by atoms with Crippen molar-refractivity contribution in [1.82, 2.24) is 19.8 Å². The third-order valence-electron chi connectivity index (χ3n) is 5.85. The van der Waals surface area contributed by atoms with Crippen molar-refractivity contribution in [3.05, 3.63) is 39.4 Å². The van der Waals surface area contributed by atoms with Gasteiger partial charge in [0.1, 0.15) is 0 Å². The number of unbranched alkanes of at least 4 members (excludes halogenated alkanes) is 2. The van der Waals surface area contributed by atoms with Crippen LogP contribution in [0.4, 0.5) is 0 Å². The van der Waals surface area contributed by atoms with Gasteiger partial charge in [-0.05, 0) is 56.0 Å². The van der Waals surface area contributed by atoms with E-state index in [4.69, 9.17) is 12.2 Å². The predicted molar refractivity (Wildman–Crippen MR) is 124 cm³/mol. The molecule has 1 aromatic carbocycles. The summed E-state index contributed by atoms with van der Waals surface area (Å²) in [7, 11) is 0. The number of amides is 2. The standard InChI is InChI=1S/C23H32N4O3S/c1-17-8-7-14-26(16-17)21(29)12-13-24-20(28)11-3-2-6-15-27-22(30)18-9-4-5-10-19(18)25-23(27)31/h4-5,9-10,17H,2-3,6-8,11-16H2,1H3,(H,24,28)(H,25,31). The topological polar surface area (TPSA) is 87.2 Å². The van der Waals surface area contributed by atoms with E-state index in [1.165, 1.54) is 6.42 Å². The molecule has 1 fully saturated rings. The maximum absolute atomic E-state index is 12.6. The molecule has 0 radical (unpaired) electrons. The maximum Gasteiger partial charge on any atom is 0.262 e. The third kappa shape index (κ3) is 6.50. The molecule has 1 aliphatic rings. The number of aromatic nitrogens is 2. The summed E-state index contributed by atoms with van der Waals surface area (Å²) in [5.74, 6) is 0.663. The summed E-state index contributed by atoms with van der Waals surface area (Å²) in [6.45, 7) is 4.76. The second-order valence-corrected chi connectivity index (χ2v) is 8.82. The molecule has 2 amide bonds. The van der Waals surface area contributed by atoms with Crippen molar-refractivity contribution in [2.24, 2.45) is 5.92 Å². The Morgan fingerprint density at radius 2 is 2.00 bits per heavy atom. The van der Waals surface area contributed by atoms with E-state index in [0.717, 1.165) is 44.3 Å². The van der Waals surface area contributed by atoms with Crippen LogP contribution >= 0.6 is 12.2 Å². The van der Waals surface area contributed by atoms with Crippen molar-refractivity contribution in [2.75, 3.05) is 19.6 Å². The van der Waals surface area contributed by atoms with E-state index >= 15 is 0 Å². The van der Waals surface area contributed by atoms with Crippen LogP contribution < -0.4 is 10.9 Å². The molecule has 0 bridgehead atoms. The van der Waals surface area contributed by atoms with Crippen LogP contribution in [0.15, 0.2) is 29.1 Å². The molecule has 168 valence electrons. The van der Waals surface area contributed by atoms with E-state index in [1.807, 2.05) is 23.1 Å². The molecule has 31 heavy (non-hydrogen) atoms. The van der Waals surface area contributed by atoms with Crippen molar-refractivity contribution in [3.8, 4) is 0 Å². The molecule has 1 atom stereocenters. The Labute approximate surface area is 187 Å². The minimum absolute atomic E-state index is 0.0278. The fourth-order valence-corrected chi connectivity index (χ4v) is 4.39. The van der Waals surface area contributed by atoms with Crippen molar-refractivity contribution in [3.63, 3.8) is 0 Å². The first-order chi connectivity index (χ1) is 15.0. The SMILES string of the molecule is CC1CCCN(C(=O)CCNC(=O)CCCCCn2c(=S)[nH]c3ccccc3c2=O)C1. The highest BCUT2D eigenvalue weighted by Gasteiger charge is 2.20. The van der Waals surface area contributed by atoms with Gasteiger partial charge in [-0.25, -0.2) is 0 Å². The summed E-state index contributed by atoms with van der Waals surface area (Å²) in [6.07, 6.45) is 5.37. The number of fused-ring (bicyclic) bond motifs is 1. The summed E-state index contributed by atoms with van der Waals surface area (Å²) in [4.78, 5) is 41.9. The zero-order valence-corrected chi connectivity index (χ0v) is 19.0. The second kappa shape index (κ2) is 11.2. The Kier molecular flexibility index (Phi) is 8.40. The Hall–Kier alpha value is -2.48. The van der Waals surface area contributed by atoms with Gasteiger partial charge in [-0.15, -0.1) is 0 Å². The van der Waals surface area contributed by atoms with Gasteiger partial charge in [0.2, 0.25) is 11.8 Å². The van der Waals surface area contributed by atoms with Gasteiger partial charge in [0.05, 0.1) is 10.9 Å². The lowest BCUT2D eigenvalue weighted by Gasteiger charge is -2.31. The Morgan fingerprint density at radius 1 is 1.19 bits per heavy atom. The lowest BCUT2D eigenvalue weighted by molar-refractivity contribution is -0.132. The van der Waals surface area contributed by atoms with Crippen molar-refractivity contribution >= 4 is 34.9 Å². The molecule has 0 saturated carbocycles. The molecule has 0 spiro atoms. The quantitative estimate of drug-likeness (QED) is 0.458. The first-order valence-corrected chi connectivity index (χ1v) is 11.6. The van der Waals surface area contributed by atoms with Crippen LogP contribution in [0.1, 0.15) is 51.9 Å². The molecule has 2 N–H and O–H groups in total. The van der Waals surface area contributed by atoms with Crippen molar-refractivity contribution < 1.29 is 9.59 Å². The van der Waals surface area contributed by atoms with Crippen LogP contribution in [-0.4, -0.2) is 45.9 Å². The minimum atomic E-state index is -0.0788. The van der Waals surface area contributed by atoms with E-state index in [9.17, 15) is 14.4 Å². The smallest absolute Gasteiger partial charge is 0.262 e. The number of nitrogens with zero attached hydrogens (tertiary/aromatic N) is 2. The van der Waals surface area contributed by atoms with E-state index < -0.39 is 0 Å². The normalized spacial score (nSPS) is 16.4. The van der Waals surface area contributed by atoms with Crippen LogP contribution in [0.3, 0.4) is 0 Å². The molecule has 1 aliphatic heterocycles. The molecule has 1 aromatic heterocycles. The van der Waals surface area contributed by atoms with Crippen molar-refractivity contribution in [2.45, 2.75) is 58.4 Å². The second-order valence-electron chi connectivity index (χ2n) is 8.43. The lowest BCUT2D eigenvalue weighted by atomic mass is 10.00. The van der Waals surface area contributed by atoms with E-state index in [0.29, 0.717) is 42.0 Å². The average Bonchev–Trinajstić information content (AvgIpc) is 2.75.